The van der Waals surface area contributed by atoms with Gasteiger partial charge < -0.3 is 30.4 Å². The minimum atomic E-state index is -0.725. The first-order valence-electron chi connectivity index (χ1n) is 11.8. The van der Waals surface area contributed by atoms with Crippen molar-refractivity contribution in [3.05, 3.63) is 89.6 Å². The van der Waals surface area contributed by atoms with Gasteiger partial charge in [0.1, 0.15) is 36.6 Å². The number of carbonyl (C=O) groups excluding carboxylic acids is 1. The summed E-state index contributed by atoms with van der Waals surface area (Å²) in [6.07, 6.45) is -0.723. The maximum Gasteiger partial charge on any atom is 0.252 e. The van der Waals surface area contributed by atoms with Crippen molar-refractivity contribution < 1.29 is 24.5 Å². The van der Waals surface area contributed by atoms with E-state index >= 15 is 0 Å². The molecule has 0 aliphatic rings. The quantitative estimate of drug-likeness (QED) is 0.241. The van der Waals surface area contributed by atoms with Gasteiger partial charge in [-0.05, 0) is 48.9 Å². The van der Waals surface area contributed by atoms with E-state index < -0.39 is 12.0 Å². The summed E-state index contributed by atoms with van der Waals surface area (Å²) >= 11 is 0. The van der Waals surface area contributed by atoms with Crippen molar-refractivity contribution in [1.29, 1.82) is 0 Å². The lowest BCUT2D eigenvalue weighted by atomic mass is 10.2. The van der Waals surface area contributed by atoms with Gasteiger partial charge in [0.2, 0.25) is 0 Å². The fourth-order valence-electron chi connectivity index (χ4n) is 4.10. The number of benzene rings is 3. The molecule has 3 aromatic carbocycles. The number of ether oxygens (including phenoxy) is 2. The van der Waals surface area contributed by atoms with E-state index in [-0.39, 0.29) is 17.9 Å². The number of aliphatic hydroxyl groups excluding tert-OH is 1. The SMILES string of the molecule is Cc1cc2c(OCC(O)CN(CCOc3ccc(O)c(C(N)=O)c3)Cc3ccccc3)cccc2[nH]1. The maximum atomic E-state index is 11.5. The Kier molecular flexibility index (Phi) is 8.10. The van der Waals surface area contributed by atoms with Gasteiger partial charge in [-0.15, -0.1) is 0 Å². The standard InChI is InChI=1S/C28H31N3O5/c1-19-14-23-25(30-19)8-5-9-27(23)36-18-21(32)17-31(16-20-6-3-2-4-7-20)12-13-35-22-10-11-26(33)24(15-22)28(29)34/h2-11,14-15,21,30,32-33H,12-13,16-18H2,1H3,(H2,29,34). The number of H-pyrrole nitrogens is 1. The van der Waals surface area contributed by atoms with Gasteiger partial charge in [-0.3, -0.25) is 9.69 Å². The Hall–Kier alpha value is -4.01. The molecule has 0 saturated carbocycles. The molecule has 8 heteroatoms. The number of phenols is 1. The lowest BCUT2D eigenvalue weighted by molar-refractivity contribution is 0.0609. The van der Waals surface area contributed by atoms with Crippen LogP contribution in [0.5, 0.6) is 17.2 Å². The summed E-state index contributed by atoms with van der Waals surface area (Å²) in [6.45, 7) is 3.97. The van der Waals surface area contributed by atoms with Crippen LogP contribution in [-0.2, 0) is 6.54 Å². The van der Waals surface area contributed by atoms with E-state index in [0.717, 1.165) is 27.9 Å². The summed E-state index contributed by atoms with van der Waals surface area (Å²) in [7, 11) is 0. The zero-order chi connectivity index (χ0) is 25.5. The molecule has 0 fully saturated rings. The Labute approximate surface area is 209 Å². The first-order chi connectivity index (χ1) is 17.4. The topological polar surface area (TPSA) is 121 Å². The van der Waals surface area contributed by atoms with Crippen LogP contribution in [-0.4, -0.2) is 58.4 Å². The molecule has 0 bridgehead atoms. The summed E-state index contributed by atoms with van der Waals surface area (Å²) < 4.78 is 11.8. The van der Waals surface area contributed by atoms with Gasteiger partial charge in [-0.1, -0.05) is 36.4 Å². The first kappa shape index (κ1) is 25.1. The van der Waals surface area contributed by atoms with Crippen LogP contribution in [0.25, 0.3) is 10.9 Å². The highest BCUT2D eigenvalue weighted by molar-refractivity contribution is 5.95. The number of aryl methyl sites for hydroxylation is 1. The highest BCUT2D eigenvalue weighted by Gasteiger charge is 2.15. The van der Waals surface area contributed by atoms with Gasteiger partial charge in [0.15, 0.2) is 0 Å². The van der Waals surface area contributed by atoms with Crippen molar-refractivity contribution in [2.45, 2.75) is 19.6 Å². The summed E-state index contributed by atoms with van der Waals surface area (Å²) in [5.41, 5.74) is 8.46. The second-order valence-corrected chi connectivity index (χ2v) is 8.75. The maximum absolute atomic E-state index is 11.5. The molecule has 1 unspecified atom stereocenters. The van der Waals surface area contributed by atoms with Crippen molar-refractivity contribution >= 4 is 16.8 Å². The number of nitrogens with two attached hydrogens (primary N) is 1. The Morgan fingerprint density at radius 1 is 1.06 bits per heavy atom. The number of hydrogen-bond acceptors (Lipinski definition) is 6. The summed E-state index contributed by atoms with van der Waals surface area (Å²) in [6, 6.07) is 22.2. The number of amides is 1. The fraction of sp³-hybridized carbons (Fsp3) is 0.250. The minimum absolute atomic E-state index is 0.00819. The second kappa shape index (κ2) is 11.6. The number of fused-ring (bicyclic) bond motifs is 1. The van der Waals surface area contributed by atoms with Crippen LogP contribution >= 0.6 is 0 Å². The molecule has 5 N–H and O–H groups in total. The number of aromatic amines is 1. The normalized spacial score (nSPS) is 12.1. The van der Waals surface area contributed by atoms with Crippen LogP contribution in [0.4, 0.5) is 0 Å². The Bertz CT molecular complexity index is 1310. The van der Waals surface area contributed by atoms with Gasteiger partial charge >= 0.3 is 0 Å². The predicted molar refractivity (Wildman–Crippen MR) is 138 cm³/mol. The third-order valence-corrected chi connectivity index (χ3v) is 5.82. The second-order valence-electron chi connectivity index (χ2n) is 8.75. The van der Waals surface area contributed by atoms with Crippen molar-refractivity contribution in [2.75, 3.05) is 26.3 Å². The fourth-order valence-corrected chi connectivity index (χ4v) is 4.10. The largest absolute Gasteiger partial charge is 0.507 e. The number of rotatable bonds is 12. The molecule has 0 spiro atoms. The van der Waals surface area contributed by atoms with E-state index in [4.69, 9.17) is 15.2 Å². The molecule has 188 valence electrons. The molecule has 1 amide bonds. The van der Waals surface area contributed by atoms with Gasteiger partial charge in [-0.2, -0.15) is 0 Å². The zero-order valence-corrected chi connectivity index (χ0v) is 20.2. The van der Waals surface area contributed by atoms with E-state index in [9.17, 15) is 15.0 Å². The molecule has 0 saturated heterocycles. The number of hydrogen-bond donors (Lipinski definition) is 4. The highest BCUT2D eigenvalue weighted by atomic mass is 16.5. The lowest BCUT2D eigenvalue weighted by Crippen LogP contribution is -2.37. The lowest BCUT2D eigenvalue weighted by Gasteiger charge is -2.25. The van der Waals surface area contributed by atoms with Crippen molar-refractivity contribution in [1.82, 2.24) is 9.88 Å². The van der Waals surface area contributed by atoms with Gasteiger partial charge in [0, 0.05) is 36.2 Å². The smallest absolute Gasteiger partial charge is 0.252 e. The summed E-state index contributed by atoms with van der Waals surface area (Å²) in [4.78, 5) is 16.8. The van der Waals surface area contributed by atoms with Crippen LogP contribution in [0.1, 0.15) is 21.6 Å². The van der Waals surface area contributed by atoms with E-state index in [1.54, 1.807) is 6.07 Å². The van der Waals surface area contributed by atoms with Gasteiger partial charge in [0.05, 0.1) is 5.56 Å². The molecule has 0 radical (unpaired) electrons. The molecule has 1 atom stereocenters. The summed E-state index contributed by atoms with van der Waals surface area (Å²) in [5, 5.41) is 21.5. The van der Waals surface area contributed by atoms with Gasteiger partial charge in [0.25, 0.3) is 5.91 Å². The van der Waals surface area contributed by atoms with Crippen LogP contribution in [0.3, 0.4) is 0 Å². The van der Waals surface area contributed by atoms with Crippen LogP contribution in [0.15, 0.2) is 72.8 Å². The highest BCUT2D eigenvalue weighted by Crippen LogP contribution is 2.26. The van der Waals surface area contributed by atoms with Crippen LogP contribution in [0, 0.1) is 6.92 Å². The Morgan fingerprint density at radius 3 is 2.64 bits per heavy atom. The Morgan fingerprint density at radius 2 is 1.86 bits per heavy atom. The van der Waals surface area contributed by atoms with Crippen molar-refractivity contribution in [3.8, 4) is 17.2 Å². The molecule has 4 rings (SSSR count). The predicted octanol–water partition coefficient (Wildman–Crippen LogP) is 3.60. The number of primary amides is 1. The number of aromatic hydroxyl groups is 1. The number of carbonyl (C=O) groups is 1. The monoisotopic (exact) mass is 489 g/mol. The van der Waals surface area contributed by atoms with Crippen LogP contribution in [0.2, 0.25) is 0 Å². The van der Waals surface area contributed by atoms with Gasteiger partial charge in [-0.25, -0.2) is 0 Å². The third-order valence-electron chi connectivity index (χ3n) is 5.82. The minimum Gasteiger partial charge on any atom is -0.507 e. The van der Waals surface area contributed by atoms with E-state index in [1.807, 2.05) is 61.5 Å². The van der Waals surface area contributed by atoms with Crippen molar-refractivity contribution in [3.63, 3.8) is 0 Å². The van der Waals surface area contributed by atoms with E-state index in [0.29, 0.717) is 32.0 Å². The number of nitrogens with one attached hydrogen (secondary N) is 1. The molecule has 1 aromatic heterocycles. The number of nitrogens with zero attached hydrogens (tertiary/aromatic N) is 1. The summed E-state index contributed by atoms with van der Waals surface area (Å²) in [5.74, 6) is 0.248. The average Bonchev–Trinajstić information content (AvgIpc) is 3.25. The zero-order valence-electron chi connectivity index (χ0n) is 20.2. The molecule has 4 aromatic rings. The Balaban J connectivity index is 1.37. The number of aliphatic hydroxyl groups is 1. The van der Waals surface area contributed by atoms with E-state index in [1.165, 1.54) is 12.1 Å². The number of aromatic nitrogens is 1. The van der Waals surface area contributed by atoms with Crippen LogP contribution < -0.4 is 15.2 Å². The third kappa shape index (κ3) is 6.56. The van der Waals surface area contributed by atoms with Crippen molar-refractivity contribution in [2.24, 2.45) is 5.73 Å². The molecule has 8 nitrogen and oxygen atoms in total. The molecule has 0 aliphatic carbocycles. The molecular formula is C28H31N3O5. The molecule has 1 heterocycles. The molecule has 0 aliphatic heterocycles. The molecular weight excluding hydrogens is 458 g/mol. The first-order valence-corrected chi connectivity index (χ1v) is 11.8. The molecule has 36 heavy (non-hydrogen) atoms. The van der Waals surface area contributed by atoms with E-state index in [2.05, 4.69) is 9.88 Å². The average molecular weight is 490 g/mol.